The number of carbonyl (C=O) groups is 2. The minimum Gasteiger partial charge on any atom is -0.497 e. The Morgan fingerprint density at radius 2 is 1.66 bits per heavy atom. The summed E-state index contributed by atoms with van der Waals surface area (Å²) in [6.07, 6.45) is 1.96. The van der Waals surface area contributed by atoms with Crippen LogP contribution < -0.4 is 19.3 Å². The zero-order valence-electron chi connectivity index (χ0n) is 20.7. The molecule has 1 heterocycles. The number of anilines is 2. The third kappa shape index (κ3) is 4.78. The van der Waals surface area contributed by atoms with Crippen LogP contribution in [0.5, 0.6) is 11.5 Å². The smallest absolute Gasteiger partial charge is 0.255 e. The number of nitrogens with zero attached hydrogens (tertiary/aromatic N) is 2. The Kier molecular flexibility index (Phi) is 6.92. The molecule has 0 aromatic heterocycles. The van der Waals surface area contributed by atoms with Crippen LogP contribution in [-0.2, 0) is 9.59 Å². The summed E-state index contributed by atoms with van der Waals surface area (Å²) < 4.78 is 10.8. The lowest BCUT2D eigenvalue weighted by Gasteiger charge is -2.41. The first-order valence-electron chi connectivity index (χ1n) is 11.5. The Bertz CT molecular complexity index is 1280. The molecular weight excluding hydrogens is 440 g/mol. The van der Waals surface area contributed by atoms with Crippen molar-refractivity contribution in [1.29, 1.82) is 0 Å². The van der Waals surface area contributed by atoms with Crippen LogP contribution in [0.4, 0.5) is 11.4 Å². The number of methoxy groups -OCH3 is 2. The summed E-state index contributed by atoms with van der Waals surface area (Å²) in [6.45, 7) is 5.83. The molecule has 0 unspecified atom stereocenters. The van der Waals surface area contributed by atoms with Crippen LogP contribution in [0.2, 0.25) is 0 Å². The Balaban J connectivity index is 1.83. The van der Waals surface area contributed by atoms with Crippen molar-refractivity contribution in [1.82, 2.24) is 0 Å². The summed E-state index contributed by atoms with van der Waals surface area (Å²) in [7, 11) is 3.10. The maximum Gasteiger partial charge on any atom is 0.255 e. The number of ether oxygens (including phenoxy) is 2. The predicted molar refractivity (Wildman–Crippen MR) is 139 cm³/mol. The summed E-state index contributed by atoms with van der Waals surface area (Å²) in [5.41, 5.74) is 5.16. The van der Waals surface area contributed by atoms with E-state index in [1.54, 1.807) is 30.2 Å². The molecule has 180 valence electrons. The molecule has 2 amide bonds. The minimum atomic E-state index is -0.801. The number of hydrogen-bond donors (Lipinski definition) is 0. The van der Waals surface area contributed by atoms with Crippen LogP contribution in [0.3, 0.4) is 0 Å². The fourth-order valence-corrected chi connectivity index (χ4v) is 4.36. The predicted octanol–water partition coefficient (Wildman–Crippen LogP) is 5.17. The average molecular weight is 471 g/mol. The zero-order chi connectivity index (χ0) is 25.1. The molecule has 0 saturated carbocycles. The second-order valence-corrected chi connectivity index (χ2v) is 8.70. The van der Waals surface area contributed by atoms with Gasteiger partial charge in [-0.2, -0.15) is 0 Å². The number of piperazine rings is 1. The van der Waals surface area contributed by atoms with Crippen molar-refractivity contribution in [2.24, 2.45) is 0 Å². The first-order chi connectivity index (χ1) is 16.8. The van der Waals surface area contributed by atoms with Crippen LogP contribution in [-0.4, -0.2) is 38.6 Å². The molecule has 0 spiro atoms. The Morgan fingerprint density at radius 1 is 0.914 bits per heavy atom. The van der Waals surface area contributed by atoms with E-state index in [1.165, 1.54) is 12.0 Å². The van der Waals surface area contributed by atoms with Crippen LogP contribution in [0, 0.1) is 13.8 Å². The molecule has 3 aromatic carbocycles. The van der Waals surface area contributed by atoms with Crippen molar-refractivity contribution < 1.29 is 19.1 Å². The lowest BCUT2D eigenvalue weighted by Crippen LogP contribution is -2.61. The van der Waals surface area contributed by atoms with Gasteiger partial charge in [-0.25, -0.2) is 0 Å². The van der Waals surface area contributed by atoms with Gasteiger partial charge in [0.2, 0.25) is 5.91 Å². The lowest BCUT2D eigenvalue weighted by molar-refractivity contribution is -0.127. The number of benzene rings is 3. The van der Waals surface area contributed by atoms with Gasteiger partial charge in [0, 0.05) is 11.8 Å². The average Bonchev–Trinajstić information content (AvgIpc) is 2.86. The van der Waals surface area contributed by atoms with Crippen LogP contribution in [0.1, 0.15) is 23.6 Å². The molecule has 0 radical (unpaired) electrons. The molecule has 4 rings (SSSR count). The van der Waals surface area contributed by atoms with E-state index in [0.717, 1.165) is 22.3 Å². The largest absolute Gasteiger partial charge is 0.497 e. The quantitative estimate of drug-likeness (QED) is 0.499. The number of hydrogen-bond acceptors (Lipinski definition) is 4. The van der Waals surface area contributed by atoms with Gasteiger partial charge in [-0.15, -0.1) is 0 Å². The molecule has 1 fully saturated rings. The van der Waals surface area contributed by atoms with E-state index in [2.05, 4.69) is 0 Å². The third-order valence-corrected chi connectivity index (χ3v) is 6.39. The monoisotopic (exact) mass is 470 g/mol. The van der Waals surface area contributed by atoms with Gasteiger partial charge in [-0.3, -0.25) is 19.4 Å². The van der Waals surface area contributed by atoms with Gasteiger partial charge >= 0.3 is 0 Å². The van der Waals surface area contributed by atoms with Crippen molar-refractivity contribution in [3.05, 3.63) is 89.0 Å². The first kappa shape index (κ1) is 24.1. The zero-order valence-corrected chi connectivity index (χ0v) is 20.7. The number of amides is 2. The summed E-state index contributed by atoms with van der Waals surface area (Å²) in [6, 6.07) is 20.1. The van der Waals surface area contributed by atoms with Gasteiger partial charge in [0.25, 0.3) is 5.91 Å². The summed E-state index contributed by atoms with van der Waals surface area (Å²) >= 11 is 0. The Labute approximate surface area is 206 Å². The number of rotatable bonds is 6. The van der Waals surface area contributed by atoms with Crippen molar-refractivity contribution in [2.45, 2.75) is 26.8 Å². The van der Waals surface area contributed by atoms with Gasteiger partial charge in [-0.05, 0) is 67.3 Å². The highest BCUT2D eigenvalue weighted by molar-refractivity contribution is 6.16. The lowest BCUT2D eigenvalue weighted by atomic mass is 9.97. The molecule has 3 aromatic rings. The van der Waals surface area contributed by atoms with Gasteiger partial charge in [0.15, 0.2) is 0 Å². The van der Waals surface area contributed by atoms with E-state index in [-0.39, 0.29) is 18.4 Å². The molecule has 1 saturated heterocycles. The molecule has 35 heavy (non-hydrogen) atoms. The number of aryl methyl sites for hydroxylation is 2. The molecule has 0 N–H and O–H groups in total. The van der Waals surface area contributed by atoms with E-state index >= 15 is 0 Å². The van der Waals surface area contributed by atoms with E-state index < -0.39 is 6.04 Å². The maximum absolute atomic E-state index is 14.1. The molecule has 1 aliphatic heterocycles. The fraction of sp³-hybridized carbons (Fsp3) is 0.241. The summed E-state index contributed by atoms with van der Waals surface area (Å²) in [5.74, 6) is 0.705. The minimum absolute atomic E-state index is 0.0937. The van der Waals surface area contributed by atoms with Crippen LogP contribution in [0.15, 0.2) is 72.3 Å². The second kappa shape index (κ2) is 10.1. The molecule has 1 atom stereocenters. The summed E-state index contributed by atoms with van der Waals surface area (Å²) in [4.78, 5) is 30.8. The molecule has 6 nitrogen and oxygen atoms in total. The highest BCUT2D eigenvalue weighted by Gasteiger charge is 2.42. The highest BCUT2D eigenvalue weighted by atomic mass is 16.5. The second-order valence-electron chi connectivity index (χ2n) is 8.70. The molecule has 6 heteroatoms. The van der Waals surface area contributed by atoms with Crippen molar-refractivity contribution >= 4 is 29.3 Å². The number of carbonyl (C=O) groups excluding carboxylic acids is 2. The van der Waals surface area contributed by atoms with E-state index in [0.29, 0.717) is 22.9 Å². The normalized spacial score (nSPS) is 16.5. The highest BCUT2D eigenvalue weighted by Crippen LogP contribution is 2.36. The molecule has 0 bridgehead atoms. The van der Waals surface area contributed by atoms with Crippen molar-refractivity contribution in [2.75, 3.05) is 30.6 Å². The molecule has 0 aliphatic carbocycles. The standard InChI is InChI=1S/C29H30N2O4/c1-19-11-12-23(16-20(19)2)31-27(32)18-30(25-14-13-24(34-4)17-26(25)35-5)29(33)28(31)21(3)15-22-9-7-6-8-10-22/h6-17,28H,18H2,1-5H3/b21-15+/t28-/m0/s1. The van der Waals surface area contributed by atoms with Crippen molar-refractivity contribution in [3.8, 4) is 11.5 Å². The van der Waals surface area contributed by atoms with Gasteiger partial charge in [-0.1, -0.05) is 42.5 Å². The Morgan fingerprint density at radius 3 is 2.31 bits per heavy atom. The SMILES string of the molecule is COc1ccc(N2CC(=O)N(c3ccc(C)c(C)c3)[C@@H](/C(C)=C/c3ccccc3)C2=O)c(OC)c1. The van der Waals surface area contributed by atoms with Gasteiger partial charge in [0.05, 0.1) is 19.9 Å². The van der Waals surface area contributed by atoms with Gasteiger partial charge in [0.1, 0.15) is 24.1 Å². The molecule has 1 aliphatic rings. The maximum atomic E-state index is 14.1. The van der Waals surface area contributed by atoms with E-state index in [4.69, 9.17) is 9.47 Å². The van der Waals surface area contributed by atoms with E-state index in [9.17, 15) is 9.59 Å². The summed E-state index contributed by atoms with van der Waals surface area (Å²) in [5, 5.41) is 0. The Hall–Kier alpha value is -4.06. The van der Waals surface area contributed by atoms with Crippen LogP contribution in [0.25, 0.3) is 6.08 Å². The molecular formula is C29H30N2O4. The van der Waals surface area contributed by atoms with Gasteiger partial charge < -0.3 is 9.47 Å². The first-order valence-corrected chi connectivity index (χ1v) is 11.5. The van der Waals surface area contributed by atoms with E-state index in [1.807, 2.05) is 75.4 Å². The third-order valence-electron chi connectivity index (χ3n) is 6.39. The topological polar surface area (TPSA) is 59.1 Å². The van der Waals surface area contributed by atoms with Crippen molar-refractivity contribution in [3.63, 3.8) is 0 Å². The van der Waals surface area contributed by atoms with Crippen LogP contribution >= 0.6 is 0 Å². The fourth-order valence-electron chi connectivity index (χ4n) is 4.36.